The van der Waals surface area contributed by atoms with Crippen molar-refractivity contribution < 1.29 is 10.2 Å². The minimum absolute atomic E-state index is 0.00235. The molecule has 1 aliphatic rings. The van der Waals surface area contributed by atoms with Crippen molar-refractivity contribution in [3.8, 4) is 11.1 Å². The molecule has 2 N–H and O–H groups in total. The Kier molecular flexibility index (Phi) is 7.21. The maximum absolute atomic E-state index is 10.2. The molecular formula is C29H33NO2. The zero-order valence-corrected chi connectivity index (χ0v) is 19.0. The van der Waals surface area contributed by atoms with E-state index in [9.17, 15) is 10.2 Å². The Morgan fingerprint density at radius 3 is 2.47 bits per heavy atom. The van der Waals surface area contributed by atoms with Crippen LogP contribution in [0.25, 0.3) is 23.3 Å². The summed E-state index contributed by atoms with van der Waals surface area (Å²) >= 11 is 0. The Morgan fingerprint density at radius 2 is 1.72 bits per heavy atom. The minimum atomic E-state index is -0.438. The molecule has 0 saturated carbocycles. The van der Waals surface area contributed by atoms with Gasteiger partial charge in [0.25, 0.3) is 0 Å². The van der Waals surface area contributed by atoms with E-state index >= 15 is 0 Å². The number of aryl methyl sites for hydroxylation is 1. The topological polar surface area (TPSA) is 43.7 Å². The van der Waals surface area contributed by atoms with Gasteiger partial charge in [-0.15, -0.1) is 0 Å². The van der Waals surface area contributed by atoms with Gasteiger partial charge in [0, 0.05) is 6.54 Å². The fourth-order valence-electron chi connectivity index (χ4n) is 4.74. The lowest BCUT2D eigenvalue weighted by molar-refractivity contribution is -0.0197. The van der Waals surface area contributed by atoms with Crippen molar-refractivity contribution in [2.45, 2.75) is 45.4 Å². The maximum Gasteiger partial charge on any atom is 0.0718 e. The Balaban J connectivity index is 1.51. The van der Waals surface area contributed by atoms with Crippen LogP contribution in [0.1, 0.15) is 40.7 Å². The van der Waals surface area contributed by atoms with Crippen LogP contribution in [-0.4, -0.2) is 40.4 Å². The van der Waals surface area contributed by atoms with Crippen molar-refractivity contribution in [1.29, 1.82) is 0 Å². The molecule has 1 saturated heterocycles. The van der Waals surface area contributed by atoms with Crippen LogP contribution >= 0.6 is 0 Å². The fraction of sp³-hybridized carbons (Fsp3) is 0.310. The molecule has 3 nitrogen and oxygen atoms in total. The molecule has 0 radical (unpaired) electrons. The number of hydrogen-bond acceptors (Lipinski definition) is 3. The molecule has 1 aliphatic heterocycles. The summed E-state index contributed by atoms with van der Waals surface area (Å²) in [5.74, 6) is 0. The van der Waals surface area contributed by atoms with E-state index in [-0.39, 0.29) is 12.6 Å². The predicted molar refractivity (Wildman–Crippen MR) is 133 cm³/mol. The summed E-state index contributed by atoms with van der Waals surface area (Å²) in [4.78, 5) is 2.21. The molecule has 32 heavy (non-hydrogen) atoms. The summed E-state index contributed by atoms with van der Waals surface area (Å²) in [5.41, 5.74) is 8.66. The van der Waals surface area contributed by atoms with E-state index in [1.54, 1.807) is 0 Å². The van der Waals surface area contributed by atoms with Gasteiger partial charge in [0.15, 0.2) is 0 Å². The Labute approximate surface area is 191 Å². The molecule has 0 bridgehead atoms. The first-order valence-corrected chi connectivity index (χ1v) is 11.5. The third kappa shape index (κ3) is 5.02. The smallest absolute Gasteiger partial charge is 0.0718 e. The number of nitrogens with zero attached hydrogens (tertiary/aromatic N) is 1. The normalized spacial score (nSPS) is 19.5. The van der Waals surface area contributed by atoms with E-state index in [1.807, 2.05) is 6.07 Å². The molecule has 1 fully saturated rings. The summed E-state index contributed by atoms with van der Waals surface area (Å²) in [5, 5.41) is 19.9. The molecule has 2 unspecified atom stereocenters. The number of benzene rings is 3. The molecule has 0 aromatic heterocycles. The number of aliphatic hydroxyl groups is 2. The fourth-order valence-corrected chi connectivity index (χ4v) is 4.74. The average molecular weight is 428 g/mol. The summed E-state index contributed by atoms with van der Waals surface area (Å²) in [6, 6.07) is 23.4. The number of hydrogen-bond donors (Lipinski definition) is 2. The molecule has 3 heteroatoms. The molecule has 4 rings (SSSR count). The van der Waals surface area contributed by atoms with E-state index < -0.39 is 6.10 Å². The van der Waals surface area contributed by atoms with Gasteiger partial charge in [0.2, 0.25) is 0 Å². The first-order valence-electron chi connectivity index (χ1n) is 11.5. The highest BCUT2D eigenvalue weighted by molar-refractivity contribution is 5.78. The number of rotatable bonds is 6. The SMILES string of the molecule is Cc1cc(CN2CCCC(O)C2CO)ccc1/C=C/c1cccc(-c2ccccc2)c1C. The first kappa shape index (κ1) is 22.5. The van der Waals surface area contributed by atoms with Gasteiger partial charge in [-0.3, -0.25) is 4.90 Å². The zero-order valence-electron chi connectivity index (χ0n) is 19.0. The molecule has 1 heterocycles. The van der Waals surface area contributed by atoms with Crippen LogP contribution in [0.3, 0.4) is 0 Å². The number of aliphatic hydroxyl groups excluding tert-OH is 2. The van der Waals surface area contributed by atoms with Crippen molar-refractivity contribution in [2.75, 3.05) is 13.2 Å². The van der Waals surface area contributed by atoms with Gasteiger partial charge in [0.05, 0.1) is 18.8 Å². The van der Waals surface area contributed by atoms with Crippen LogP contribution in [-0.2, 0) is 6.54 Å². The van der Waals surface area contributed by atoms with E-state index in [0.717, 1.165) is 25.9 Å². The molecule has 3 aromatic carbocycles. The molecule has 2 atom stereocenters. The van der Waals surface area contributed by atoms with Gasteiger partial charge in [-0.1, -0.05) is 78.9 Å². The van der Waals surface area contributed by atoms with E-state index in [4.69, 9.17) is 0 Å². The summed E-state index contributed by atoms with van der Waals surface area (Å²) < 4.78 is 0. The van der Waals surface area contributed by atoms with Gasteiger partial charge in [-0.25, -0.2) is 0 Å². The highest BCUT2D eigenvalue weighted by Gasteiger charge is 2.29. The third-order valence-electron chi connectivity index (χ3n) is 6.67. The van der Waals surface area contributed by atoms with Crippen LogP contribution < -0.4 is 0 Å². The molecule has 0 amide bonds. The third-order valence-corrected chi connectivity index (χ3v) is 6.67. The van der Waals surface area contributed by atoms with Crippen molar-refractivity contribution in [1.82, 2.24) is 4.90 Å². The molecule has 3 aromatic rings. The lowest BCUT2D eigenvalue weighted by Crippen LogP contribution is -2.49. The van der Waals surface area contributed by atoms with Crippen LogP contribution in [0, 0.1) is 13.8 Å². The Morgan fingerprint density at radius 1 is 0.938 bits per heavy atom. The highest BCUT2D eigenvalue weighted by atomic mass is 16.3. The van der Waals surface area contributed by atoms with E-state index in [0.29, 0.717) is 0 Å². The molecular weight excluding hydrogens is 394 g/mol. The summed E-state index contributed by atoms with van der Waals surface area (Å²) in [7, 11) is 0. The molecule has 166 valence electrons. The Hall–Kier alpha value is -2.72. The summed E-state index contributed by atoms with van der Waals surface area (Å²) in [6.45, 7) is 6.00. The second kappa shape index (κ2) is 10.3. The maximum atomic E-state index is 10.2. The standard InChI is InChI=1S/C29H33NO2/c1-21-18-23(19-30-17-7-12-29(32)28(30)20-31)13-14-24(21)15-16-25-10-6-11-27(22(25)2)26-8-4-3-5-9-26/h3-6,8-11,13-16,18,28-29,31-32H,7,12,17,19-20H2,1-2H3/b16-15+. The van der Waals surface area contributed by atoms with Gasteiger partial charge in [-0.05, 0) is 72.2 Å². The van der Waals surface area contributed by atoms with Crippen molar-refractivity contribution >= 4 is 12.2 Å². The van der Waals surface area contributed by atoms with Crippen LogP contribution in [0.4, 0.5) is 0 Å². The van der Waals surface area contributed by atoms with Crippen LogP contribution in [0.2, 0.25) is 0 Å². The monoisotopic (exact) mass is 427 g/mol. The lowest BCUT2D eigenvalue weighted by Gasteiger charge is -2.38. The first-order chi connectivity index (χ1) is 15.6. The van der Waals surface area contributed by atoms with Gasteiger partial charge >= 0.3 is 0 Å². The zero-order chi connectivity index (χ0) is 22.5. The Bertz CT molecular complexity index is 1070. The van der Waals surface area contributed by atoms with Crippen LogP contribution in [0.5, 0.6) is 0 Å². The number of likely N-dealkylation sites (tertiary alicyclic amines) is 1. The molecule has 0 aliphatic carbocycles. The van der Waals surface area contributed by atoms with Crippen LogP contribution in [0.15, 0.2) is 66.7 Å². The summed E-state index contributed by atoms with van der Waals surface area (Å²) in [6.07, 6.45) is 5.70. The van der Waals surface area contributed by atoms with E-state index in [1.165, 1.54) is 38.9 Å². The number of piperidine rings is 1. The second-order valence-corrected chi connectivity index (χ2v) is 8.84. The quantitative estimate of drug-likeness (QED) is 0.514. The van der Waals surface area contributed by atoms with Crippen molar-refractivity contribution in [3.05, 3.63) is 94.5 Å². The van der Waals surface area contributed by atoms with Gasteiger partial charge in [-0.2, -0.15) is 0 Å². The van der Waals surface area contributed by atoms with E-state index in [2.05, 4.69) is 91.6 Å². The molecule has 0 spiro atoms. The highest BCUT2D eigenvalue weighted by Crippen LogP contribution is 2.27. The van der Waals surface area contributed by atoms with Crippen molar-refractivity contribution in [2.24, 2.45) is 0 Å². The second-order valence-electron chi connectivity index (χ2n) is 8.84. The average Bonchev–Trinajstić information content (AvgIpc) is 2.80. The lowest BCUT2D eigenvalue weighted by atomic mass is 9.95. The van der Waals surface area contributed by atoms with Gasteiger partial charge in [0.1, 0.15) is 0 Å². The van der Waals surface area contributed by atoms with Gasteiger partial charge < -0.3 is 10.2 Å². The predicted octanol–water partition coefficient (Wildman–Crippen LogP) is 5.46. The largest absolute Gasteiger partial charge is 0.395 e. The minimum Gasteiger partial charge on any atom is -0.395 e. The van der Waals surface area contributed by atoms with Crippen molar-refractivity contribution in [3.63, 3.8) is 0 Å².